The van der Waals surface area contributed by atoms with Crippen LogP contribution in [0.25, 0.3) is 0 Å². The SMILES string of the molecule is CC[C@H](C)[C@H](NC(=O)CN(C)CC(=O)Nc1cccc(F)c1)C(=O)OC. The Kier molecular flexibility index (Phi) is 8.71. The van der Waals surface area contributed by atoms with E-state index in [4.69, 9.17) is 4.74 Å². The molecular formula is C18H26FN3O4. The van der Waals surface area contributed by atoms with Crippen LogP contribution in [0.15, 0.2) is 24.3 Å². The van der Waals surface area contributed by atoms with Crippen LogP contribution in [0.1, 0.15) is 20.3 Å². The van der Waals surface area contributed by atoms with Gasteiger partial charge >= 0.3 is 5.97 Å². The summed E-state index contributed by atoms with van der Waals surface area (Å²) in [6.07, 6.45) is 0.700. The lowest BCUT2D eigenvalue weighted by Crippen LogP contribution is -2.49. The molecule has 2 N–H and O–H groups in total. The number of ether oxygens (including phenoxy) is 1. The Balaban J connectivity index is 2.52. The molecule has 0 aromatic heterocycles. The van der Waals surface area contributed by atoms with E-state index in [9.17, 15) is 18.8 Å². The van der Waals surface area contributed by atoms with Crippen molar-refractivity contribution in [3.05, 3.63) is 30.1 Å². The third-order valence-electron chi connectivity index (χ3n) is 3.92. The van der Waals surface area contributed by atoms with Crippen LogP contribution in [0.5, 0.6) is 0 Å². The van der Waals surface area contributed by atoms with E-state index in [1.54, 1.807) is 13.1 Å². The van der Waals surface area contributed by atoms with Gasteiger partial charge in [0.05, 0.1) is 20.2 Å². The lowest BCUT2D eigenvalue weighted by molar-refractivity contribution is -0.146. The number of amides is 2. The van der Waals surface area contributed by atoms with E-state index >= 15 is 0 Å². The molecule has 0 aliphatic carbocycles. The van der Waals surface area contributed by atoms with Crippen molar-refractivity contribution in [1.29, 1.82) is 0 Å². The lowest BCUT2D eigenvalue weighted by Gasteiger charge is -2.23. The van der Waals surface area contributed by atoms with Crippen LogP contribution in [0.3, 0.4) is 0 Å². The van der Waals surface area contributed by atoms with E-state index in [2.05, 4.69) is 10.6 Å². The molecule has 0 bridgehead atoms. The number of carbonyl (C=O) groups excluding carboxylic acids is 3. The second-order valence-corrected chi connectivity index (χ2v) is 6.18. The number of carbonyl (C=O) groups is 3. The molecule has 0 aliphatic rings. The number of halogens is 1. The van der Waals surface area contributed by atoms with Gasteiger partial charge in [-0.05, 0) is 31.2 Å². The van der Waals surface area contributed by atoms with Gasteiger partial charge in [0, 0.05) is 5.69 Å². The molecule has 0 unspecified atom stereocenters. The van der Waals surface area contributed by atoms with Crippen LogP contribution < -0.4 is 10.6 Å². The average molecular weight is 367 g/mol. The Morgan fingerprint density at radius 3 is 2.46 bits per heavy atom. The fourth-order valence-corrected chi connectivity index (χ4v) is 2.33. The predicted molar refractivity (Wildman–Crippen MR) is 95.9 cm³/mol. The van der Waals surface area contributed by atoms with Gasteiger partial charge in [0.15, 0.2) is 0 Å². The third kappa shape index (κ3) is 7.18. The van der Waals surface area contributed by atoms with Crippen molar-refractivity contribution in [3.63, 3.8) is 0 Å². The molecule has 2 atom stereocenters. The highest BCUT2D eigenvalue weighted by atomic mass is 19.1. The van der Waals surface area contributed by atoms with Crippen molar-refractivity contribution in [2.75, 3.05) is 32.6 Å². The molecule has 0 aliphatic heterocycles. The van der Waals surface area contributed by atoms with Gasteiger partial charge in [-0.3, -0.25) is 14.5 Å². The molecule has 2 amide bonds. The van der Waals surface area contributed by atoms with E-state index in [0.29, 0.717) is 12.1 Å². The minimum atomic E-state index is -0.730. The second-order valence-electron chi connectivity index (χ2n) is 6.18. The van der Waals surface area contributed by atoms with Crippen LogP contribution in [0, 0.1) is 11.7 Å². The topological polar surface area (TPSA) is 87.7 Å². The lowest BCUT2D eigenvalue weighted by atomic mass is 9.99. The van der Waals surface area contributed by atoms with Crippen molar-refractivity contribution in [2.45, 2.75) is 26.3 Å². The first-order chi connectivity index (χ1) is 12.3. The fourth-order valence-electron chi connectivity index (χ4n) is 2.33. The Morgan fingerprint density at radius 2 is 1.88 bits per heavy atom. The van der Waals surface area contributed by atoms with Gasteiger partial charge in [0.1, 0.15) is 11.9 Å². The number of anilines is 1. The minimum Gasteiger partial charge on any atom is -0.467 e. The maximum atomic E-state index is 13.1. The Hall–Kier alpha value is -2.48. The molecule has 0 saturated carbocycles. The van der Waals surface area contributed by atoms with Gasteiger partial charge in [-0.15, -0.1) is 0 Å². The first-order valence-electron chi connectivity index (χ1n) is 8.38. The molecule has 0 fully saturated rings. The molecule has 0 heterocycles. The van der Waals surface area contributed by atoms with Gasteiger partial charge in [0.25, 0.3) is 0 Å². The first kappa shape index (κ1) is 21.6. The van der Waals surface area contributed by atoms with Gasteiger partial charge in [-0.25, -0.2) is 9.18 Å². The predicted octanol–water partition coefficient (Wildman–Crippen LogP) is 1.40. The van der Waals surface area contributed by atoms with Gasteiger partial charge < -0.3 is 15.4 Å². The minimum absolute atomic E-state index is 0.0594. The number of methoxy groups -OCH3 is 1. The summed E-state index contributed by atoms with van der Waals surface area (Å²) in [6.45, 7) is 3.63. The molecule has 1 aromatic carbocycles. The Labute approximate surface area is 152 Å². The van der Waals surface area contributed by atoms with E-state index in [1.807, 2.05) is 13.8 Å². The molecule has 1 rings (SSSR count). The van der Waals surface area contributed by atoms with Crippen molar-refractivity contribution in [1.82, 2.24) is 10.2 Å². The van der Waals surface area contributed by atoms with Gasteiger partial charge in [0.2, 0.25) is 11.8 Å². The fraction of sp³-hybridized carbons (Fsp3) is 0.500. The number of likely N-dealkylation sites (N-methyl/N-ethyl adjacent to an activating group) is 1. The Bertz CT molecular complexity index is 639. The summed E-state index contributed by atoms with van der Waals surface area (Å²) in [4.78, 5) is 37.4. The molecule has 0 radical (unpaired) electrons. The highest BCUT2D eigenvalue weighted by Crippen LogP contribution is 2.10. The zero-order valence-corrected chi connectivity index (χ0v) is 15.5. The summed E-state index contributed by atoms with van der Waals surface area (Å²) in [5, 5.41) is 5.20. The van der Waals surface area contributed by atoms with E-state index < -0.39 is 17.8 Å². The molecule has 26 heavy (non-hydrogen) atoms. The molecule has 8 heteroatoms. The molecule has 1 aromatic rings. The number of rotatable bonds is 9. The Morgan fingerprint density at radius 1 is 1.23 bits per heavy atom. The summed E-state index contributed by atoms with van der Waals surface area (Å²) in [5.74, 6) is -1.79. The van der Waals surface area contributed by atoms with Gasteiger partial charge in [-0.1, -0.05) is 26.3 Å². The van der Waals surface area contributed by atoms with Crippen molar-refractivity contribution in [3.8, 4) is 0 Å². The van der Waals surface area contributed by atoms with E-state index in [1.165, 1.54) is 30.2 Å². The number of benzene rings is 1. The summed E-state index contributed by atoms with van der Waals surface area (Å²) >= 11 is 0. The first-order valence-corrected chi connectivity index (χ1v) is 8.38. The monoisotopic (exact) mass is 367 g/mol. The molecule has 144 valence electrons. The molecule has 7 nitrogen and oxygen atoms in total. The summed E-state index contributed by atoms with van der Waals surface area (Å²) in [6, 6.07) is 4.82. The van der Waals surface area contributed by atoms with Crippen molar-refractivity contribution < 1.29 is 23.5 Å². The normalized spacial score (nSPS) is 13.0. The number of hydrogen-bond donors (Lipinski definition) is 2. The smallest absolute Gasteiger partial charge is 0.328 e. The number of hydrogen-bond acceptors (Lipinski definition) is 5. The summed E-state index contributed by atoms with van der Waals surface area (Å²) in [5.41, 5.74) is 0.343. The zero-order valence-electron chi connectivity index (χ0n) is 15.5. The van der Waals surface area contributed by atoms with E-state index in [-0.39, 0.29) is 30.8 Å². The molecule has 0 spiro atoms. The van der Waals surface area contributed by atoms with Crippen LogP contribution in [0.4, 0.5) is 10.1 Å². The summed E-state index contributed by atoms with van der Waals surface area (Å²) in [7, 11) is 2.87. The highest BCUT2D eigenvalue weighted by molar-refractivity contribution is 5.92. The standard InChI is InChI=1S/C18H26FN3O4/c1-5-12(2)17(18(25)26-4)21-16(24)11-22(3)10-15(23)20-14-8-6-7-13(19)9-14/h6-9,12,17H,5,10-11H2,1-4H3,(H,20,23)(H,21,24)/t12-,17-/m0/s1. The largest absolute Gasteiger partial charge is 0.467 e. The zero-order chi connectivity index (χ0) is 19.7. The number of nitrogens with one attached hydrogen (secondary N) is 2. The van der Waals surface area contributed by atoms with Crippen molar-refractivity contribution in [2.24, 2.45) is 5.92 Å². The maximum absolute atomic E-state index is 13.1. The molecule has 0 saturated heterocycles. The van der Waals surface area contributed by atoms with Crippen LogP contribution in [0.2, 0.25) is 0 Å². The van der Waals surface area contributed by atoms with Crippen LogP contribution in [-0.2, 0) is 19.1 Å². The highest BCUT2D eigenvalue weighted by Gasteiger charge is 2.27. The maximum Gasteiger partial charge on any atom is 0.328 e. The molecular weight excluding hydrogens is 341 g/mol. The van der Waals surface area contributed by atoms with Crippen molar-refractivity contribution >= 4 is 23.5 Å². The van der Waals surface area contributed by atoms with E-state index in [0.717, 1.165) is 0 Å². The number of nitrogens with zero attached hydrogens (tertiary/aromatic N) is 1. The van der Waals surface area contributed by atoms with Gasteiger partial charge in [-0.2, -0.15) is 0 Å². The summed E-state index contributed by atoms with van der Waals surface area (Å²) < 4.78 is 17.8. The number of esters is 1. The average Bonchev–Trinajstić information content (AvgIpc) is 2.57. The third-order valence-corrected chi connectivity index (χ3v) is 3.92. The quantitative estimate of drug-likeness (QED) is 0.644. The van der Waals surface area contributed by atoms with Crippen LogP contribution >= 0.6 is 0 Å². The van der Waals surface area contributed by atoms with Crippen LogP contribution in [-0.4, -0.2) is 56.0 Å². The second kappa shape index (κ2) is 10.5.